The van der Waals surface area contributed by atoms with Gasteiger partial charge in [0, 0.05) is 24.7 Å². The molecule has 3 aromatic rings. The van der Waals surface area contributed by atoms with Crippen molar-refractivity contribution < 1.29 is 9.59 Å². The van der Waals surface area contributed by atoms with E-state index in [4.69, 9.17) is 0 Å². The van der Waals surface area contributed by atoms with Crippen molar-refractivity contribution in [3.63, 3.8) is 0 Å². The third-order valence-electron chi connectivity index (χ3n) is 4.73. The van der Waals surface area contributed by atoms with Gasteiger partial charge in [-0.3, -0.25) is 9.59 Å². The van der Waals surface area contributed by atoms with E-state index >= 15 is 0 Å². The van der Waals surface area contributed by atoms with Crippen molar-refractivity contribution >= 4 is 29.1 Å². The summed E-state index contributed by atoms with van der Waals surface area (Å²) >= 11 is 1.33. The predicted octanol–water partition coefficient (Wildman–Crippen LogP) is 2.93. The largest absolute Gasteiger partial charge is 0.312 e. The number of hydrogen-bond donors (Lipinski definition) is 0. The first-order valence-corrected chi connectivity index (χ1v) is 9.88. The predicted molar refractivity (Wildman–Crippen MR) is 107 cm³/mol. The summed E-state index contributed by atoms with van der Waals surface area (Å²) in [6.45, 7) is 4.08. The summed E-state index contributed by atoms with van der Waals surface area (Å²) in [6.07, 6.45) is 0.768. The van der Waals surface area contributed by atoms with Crippen molar-refractivity contribution in [2.75, 3.05) is 11.4 Å². The average molecular weight is 393 g/mol. The monoisotopic (exact) mass is 393 g/mol. The molecule has 0 spiro atoms. The average Bonchev–Trinajstić information content (AvgIpc) is 3.34. The molecule has 0 fully saturated rings. The molecule has 1 unspecified atom stereocenters. The topological polar surface area (TPSA) is 81.0 Å². The van der Waals surface area contributed by atoms with Gasteiger partial charge in [0.1, 0.15) is 0 Å². The molecule has 142 valence electrons. The van der Waals surface area contributed by atoms with Crippen LogP contribution in [0.3, 0.4) is 0 Å². The molecule has 0 radical (unpaired) electrons. The standard InChI is InChI=1S/C20H19N5O2S/c1-13(28-20-21-22-23-25(20)17-6-4-3-5-7-17)19(27)16-8-9-18-15(12-16)10-11-24(18)14(2)26/h3-9,12-13H,10-11H2,1-2H3. The molecule has 1 amide bonds. The lowest BCUT2D eigenvalue weighted by atomic mass is 10.0. The molecule has 28 heavy (non-hydrogen) atoms. The van der Waals surface area contributed by atoms with Crippen LogP contribution < -0.4 is 4.90 Å². The van der Waals surface area contributed by atoms with Crippen molar-refractivity contribution in [1.29, 1.82) is 0 Å². The second-order valence-corrected chi connectivity index (χ2v) is 7.91. The quantitative estimate of drug-likeness (QED) is 0.490. The van der Waals surface area contributed by atoms with E-state index in [0.29, 0.717) is 17.3 Å². The van der Waals surface area contributed by atoms with Crippen LogP contribution in [0.15, 0.2) is 53.7 Å². The number of hydrogen-bond acceptors (Lipinski definition) is 6. The van der Waals surface area contributed by atoms with Gasteiger partial charge >= 0.3 is 0 Å². The first-order chi connectivity index (χ1) is 13.5. The van der Waals surface area contributed by atoms with E-state index in [0.717, 1.165) is 23.4 Å². The van der Waals surface area contributed by atoms with Gasteiger partial charge in [-0.25, -0.2) is 0 Å². The van der Waals surface area contributed by atoms with Crippen molar-refractivity contribution in [3.05, 3.63) is 59.7 Å². The van der Waals surface area contributed by atoms with Crippen LogP contribution in [0.25, 0.3) is 5.69 Å². The highest BCUT2D eigenvalue weighted by molar-refractivity contribution is 8.00. The molecule has 0 saturated carbocycles. The Morgan fingerprint density at radius 2 is 1.93 bits per heavy atom. The van der Waals surface area contributed by atoms with Crippen LogP contribution in [-0.4, -0.2) is 43.7 Å². The Labute approximate surface area is 166 Å². The Morgan fingerprint density at radius 3 is 2.68 bits per heavy atom. The molecule has 8 heteroatoms. The smallest absolute Gasteiger partial charge is 0.223 e. The van der Waals surface area contributed by atoms with Crippen LogP contribution in [0.4, 0.5) is 5.69 Å². The Kier molecular flexibility index (Phi) is 4.95. The minimum Gasteiger partial charge on any atom is -0.312 e. The molecule has 0 saturated heterocycles. The maximum absolute atomic E-state index is 13.0. The maximum Gasteiger partial charge on any atom is 0.223 e. The molecule has 7 nitrogen and oxygen atoms in total. The van der Waals surface area contributed by atoms with E-state index in [1.54, 1.807) is 22.6 Å². The van der Waals surface area contributed by atoms with Crippen LogP contribution in [0.1, 0.15) is 29.8 Å². The minimum absolute atomic E-state index is 0.0108. The number of tetrazole rings is 1. The van der Waals surface area contributed by atoms with Crippen LogP contribution in [0.2, 0.25) is 0 Å². The second kappa shape index (κ2) is 7.55. The fraction of sp³-hybridized carbons (Fsp3) is 0.250. The molecule has 2 aromatic carbocycles. The lowest BCUT2D eigenvalue weighted by Crippen LogP contribution is -2.25. The lowest BCUT2D eigenvalue weighted by molar-refractivity contribution is -0.116. The molecule has 0 bridgehead atoms. The molecule has 0 aliphatic carbocycles. The van der Waals surface area contributed by atoms with E-state index in [-0.39, 0.29) is 16.9 Å². The number of para-hydroxylation sites is 1. The van der Waals surface area contributed by atoms with Gasteiger partial charge in [-0.15, -0.1) is 5.10 Å². The van der Waals surface area contributed by atoms with Gasteiger partial charge in [0.05, 0.1) is 10.9 Å². The van der Waals surface area contributed by atoms with Gasteiger partial charge in [0.2, 0.25) is 11.1 Å². The number of carbonyl (C=O) groups is 2. The molecular weight excluding hydrogens is 374 g/mol. The highest BCUT2D eigenvalue weighted by Gasteiger charge is 2.25. The van der Waals surface area contributed by atoms with Crippen LogP contribution in [0, 0.1) is 0 Å². The fourth-order valence-electron chi connectivity index (χ4n) is 3.31. The first kappa shape index (κ1) is 18.4. The highest BCUT2D eigenvalue weighted by atomic mass is 32.2. The van der Waals surface area contributed by atoms with E-state index < -0.39 is 0 Å². The number of nitrogens with zero attached hydrogens (tertiary/aromatic N) is 5. The Hall–Kier alpha value is -3.00. The maximum atomic E-state index is 13.0. The first-order valence-electron chi connectivity index (χ1n) is 9.00. The Bertz CT molecular complexity index is 1030. The van der Waals surface area contributed by atoms with Crippen LogP contribution in [-0.2, 0) is 11.2 Å². The molecule has 4 rings (SSSR count). The summed E-state index contributed by atoms with van der Waals surface area (Å²) in [7, 11) is 0. The summed E-state index contributed by atoms with van der Waals surface area (Å²) in [6, 6.07) is 15.1. The summed E-state index contributed by atoms with van der Waals surface area (Å²) in [5.74, 6) is 0.0335. The van der Waals surface area contributed by atoms with Gasteiger partial charge < -0.3 is 4.90 Å². The third-order valence-corrected chi connectivity index (χ3v) is 5.77. The van der Waals surface area contributed by atoms with Gasteiger partial charge in [0.15, 0.2) is 5.78 Å². The fourth-order valence-corrected chi connectivity index (χ4v) is 4.20. The van der Waals surface area contributed by atoms with Gasteiger partial charge in [-0.1, -0.05) is 30.0 Å². The van der Waals surface area contributed by atoms with Crippen molar-refractivity contribution in [2.24, 2.45) is 0 Å². The number of fused-ring (bicyclic) bond motifs is 1. The Balaban J connectivity index is 1.53. The number of benzene rings is 2. The van der Waals surface area contributed by atoms with E-state index in [2.05, 4.69) is 15.5 Å². The number of aromatic nitrogens is 4. The molecule has 1 aliphatic heterocycles. The van der Waals surface area contributed by atoms with Crippen LogP contribution in [0.5, 0.6) is 0 Å². The molecule has 1 atom stereocenters. The number of carbonyl (C=O) groups excluding carboxylic acids is 2. The van der Waals surface area contributed by atoms with Gasteiger partial charge in [-0.05, 0) is 59.7 Å². The number of ketones is 1. The summed E-state index contributed by atoms with van der Waals surface area (Å²) in [5.41, 5.74) is 3.42. The number of anilines is 1. The van der Waals surface area contributed by atoms with Crippen molar-refractivity contribution in [3.8, 4) is 5.69 Å². The SMILES string of the molecule is CC(=O)N1CCc2cc(C(=O)C(C)Sc3nnnn3-c3ccccc3)ccc21. The van der Waals surface area contributed by atoms with Gasteiger partial charge in [-0.2, -0.15) is 4.68 Å². The lowest BCUT2D eigenvalue weighted by Gasteiger charge is -2.15. The number of rotatable bonds is 5. The minimum atomic E-state index is -0.350. The summed E-state index contributed by atoms with van der Waals surface area (Å²) in [4.78, 5) is 26.4. The zero-order valence-electron chi connectivity index (χ0n) is 15.6. The zero-order valence-corrected chi connectivity index (χ0v) is 16.4. The molecule has 1 aliphatic rings. The van der Waals surface area contributed by atoms with Crippen LogP contribution >= 0.6 is 11.8 Å². The zero-order chi connectivity index (χ0) is 19.7. The third kappa shape index (κ3) is 3.43. The second-order valence-electron chi connectivity index (χ2n) is 6.60. The summed E-state index contributed by atoms with van der Waals surface area (Å²) in [5, 5.41) is 12.1. The molecule has 2 heterocycles. The normalized spacial score (nSPS) is 14.0. The number of amides is 1. The highest BCUT2D eigenvalue weighted by Crippen LogP contribution is 2.31. The number of Topliss-reactive ketones (excluding diaryl/α,β-unsaturated/α-hetero) is 1. The molecular formula is C20H19N5O2S. The Morgan fingerprint density at radius 1 is 1.14 bits per heavy atom. The molecule has 1 aromatic heterocycles. The van der Waals surface area contributed by atoms with E-state index in [1.807, 2.05) is 49.4 Å². The van der Waals surface area contributed by atoms with Crippen molar-refractivity contribution in [1.82, 2.24) is 20.2 Å². The van der Waals surface area contributed by atoms with Gasteiger partial charge in [0.25, 0.3) is 0 Å². The van der Waals surface area contributed by atoms with Crippen molar-refractivity contribution in [2.45, 2.75) is 30.7 Å². The van der Waals surface area contributed by atoms with E-state index in [1.165, 1.54) is 11.8 Å². The van der Waals surface area contributed by atoms with E-state index in [9.17, 15) is 9.59 Å². The number of thioether (sulfide) groups is 1. The summed E-state index contributed by atoms with van der Waals surface area (Å²) < 4.78 is 1.63. The molecule has 0 N–H and O–H groups in total.